The van der Waals surface area contributed by atoms with Crippen LogP contribution in [0.1, 0.15) is 22.1 Å². The number of aromatic nitrogens is 3. The monoisotopic (exact) mass is 314 g/mol. The van der Waals surface area contributed by atoms with Crippen LogP contribution in [0.2, 0.25) is 0 Å². The molecule has 1 unspecified atom stereocenters. The lowest BCUT2D eigenvalue weighted by Crippen LogP contribution is -2.31. The van der Waals surface area contributed by atoms with Crippen molar-refractivity contribution in [3.8, 4) is 5.75 Å². The van der Waals surface area contributed by atoms with Gasteiger partial charge in [-0.05, 0) is 6.07 Å². The molecule has 3 N–H and O–H groups in total. The standard InChI is InChI=1S/C15H18N6O2/c1-21(2)15-19-12(18-14(16)20-15)13(22)17-7-9-8-23-11-6-4-3-5-10(9)11/h3-6,9H,7-8H2,1-2H3,(H,17,22)(H2,16,18,19,20). The summed E-state index contributed by atoms with van der Waals surface area (Å²) < 4.78 is 5.60. The van der Waals surface area contributed by atoms with Crippen molar-refractivity contribution >= 4 is 17.8 Å². The Morgan fingerprint density at radius 2 is 2.13 bits per heavy atom. The molecule has 0 bridgehead atoms. The molecule has 2 heterocycles. The predicted octanol–water partition coefficient (Wildman–Crippen LogP) is 0.426. The molecule has 2 aromatic rings. The Hall–Kier alpha value is -2.90. The predicted molar refractivity (Wildman–Crippen MR) is 85.6 cm³/mol. The number of fused-ring (bicyclic) bond motifs is 1. The number of carbonyl (C=O) groups excluding carboxylic acids is 1. The van der Waals surface area contributed by atoms with Crippen molar-refractivity contribution in [2.24, 2.45) is 0 Å². The quantitative estimate of drug-likeness (QED) is 0.842. The summed E-state index contributed by atoms with van der Waals surface area (Å²) in [6, 6.07) is 7.81. The number of anilines is 2. The van der Waals surface area contributed by atoms with Crippen molar-refractivity contribution in [1.82, 2.24) is 20.3 Å². The second kappa shape index (κ2) is 6.07. The molecule has 1 amide bonds. The zero-order chi connectivity index (χ0) is 16.4. The molecule has 1 aliphatic heterocycles. The van der Waals surface area contributed by atoms with Crippen molar-refractivity contribution in [1.29, 1.82) is 0 Å². The number of carbonyl (C=O) groups is 1. The number of nitrogens with one attached hydrogen (secondary N) is 1. The van der Waals surface area contributed by atoms with Crippen LogP contribution in [0.5, 0.6) is 5.75 Å². The van der Waals surface area contributed by atoms with E-state index in [9.17, 15) is 4.79 Å². The highest BCUT2D eigenvalue weighted by molar-refractivity contribution is 5.91. The minimum absolute atomic E-state index is 0.00778. The van der Waals surface area contributed by atoms with E-state index in [1.165, 1.54) is 0 Å². The number of nitrogen functional groups attached to an aromatic ring is 1. The molecule has 0 spiro atoms. The van der Waals surface area contributed by atoms with Gasteiger partial charge < -0.3 is 20.7 Å². The lowest BCUT2D eigenvalue weighted by atomic mass is 10.0. The van der Waals surface area contributed by atoms with Gasteiger partial charge in [0.2, 0.25) is 17.7 Å². The van der Waals surface area contributed by atoms with Crippen LogP contribution >= 0.6 is 0 Å². The maximum Gasteiger partial charge on any atom is 0.289 e. The molecule has 0 saturated heterocycles. The van der Waals surface area contributed by atoms with Crippen molar-refractivity contribution in [3.63, 3.8) is 0 Å². The van der Waals surface area contributed by atoms with E-state index >= 15 is 0 Å². The molecule has 0 saturated carbocycles. The van der Waals surface area contributed by atoms with Crippen LogP contribution in [-0.2, 0) is 0 Å². The average Bonchev–Trinajstić information content (AvgIpc) is 2.95. The van der Waals surface area contributed by atoms with Gasteiger partial charge >= 0.3 is 0 Å². The van der Waals surface area contributed by atoms with Gasteiger partial charge in [0.1, 0.15) is 5.75 Å². The number of rotatable bonds is 4. The summed E-state index contributed by atoms with van der Waals surface area (Å²) in [7, 11) is 3.53. The van der Waals surface area contributed by atoms with Gasteiger partial charge in [0.15, 0.2) is 0 Å². The summed E-state index contributed by atoms with van der Waals surface area (Å²) in [5, 5.41) is 2.83. The Morgan fingerprint density at radius 1 is 1.35 bits per heavy atom. The molecule has 23 heavy (non-hydrogen) atoms. The number of ether oxygens (including phenoxy) is 1. The molecular weight excluding hydrogens is 296 g/mol. The minimum Gasteiger partial charge on any atom is -0.493 e. The fourth-order valence-electron chi connectivity index (χ4n) is 2.38. The van der Waals surface area contributed by atoms with Gasteiger partial charge in [0.25, 0.3) is 5.91 Å². The average molecular weight is 314 g/mol. The first-order valence-electron chi connectivity index (χ1n) is 7.23. The molecule has 8 heteroatoms. The minimum atomic E-state index is -0.383. The SMILES string of the molecule is CN(C)c1nc(N)nc(C(=O)NCC2COc3ccccc32)n1. The van der Waals surface area contributed by atoms with Gasteiger partial charge in [0, 0.05) is 32.1 Å². The summed E-state index contributed by atoms with van der Waals surface area (Å²) in [6.07, 6.45) is 0. The molecular formula is C15H18N6O2. The van der Waals surface area contributed by atoms with Gasteiger partial charge in [-0.15, -0.1) is 0 Å². The molecule has 120 valence electrons. The largest absolute Gasteiger partial charge is 0.493 e. The molecule has 3 rings (SSSR count). The van der Waals surface area contributed by atoms with Crippen LogP contribution in [0.3, 0.4) is 0 Å². The van der Waals surface area contributed by atoms with E-state index in [0.717, 1.165) is 11.3 Å². The van der Waals surface area contributed by atoms with Crippen LogP contribution in [0.4, 0.5) is 11.9 Å². The van der Waals surface area contributed by atoms with Crippen molar-refractivity contribution in [2.75, 3.05) is 37.9 Å². The fraction of sp³-hybridized carbons (Fsp3) is 0.333. The summed E-state index contributed by atoms with van der Waals surface area (Å²) in [6.45, 7) is 0.987. The van der Waals surface area contributed by atoms with Crippen LogP contribution in [0.15, 0.2) is 24.3 Å². The second-order valence-electron chi connectivity index (χ2n) is 5.47. The number of benzene rings is 1. The Kier molecular flexibility index (Phi) is 3.96. The second-order valence-corrected chi connectivity index (χ2v) is 5.47. The van der Waals surface area contributed by atoms with Crippen molar-refractivity contribution < 1.29 is 9.53 Å². The zero-order valence-corrected chi connectivity index (χ0v) is 13.0. The zero-order valence-electron chi connectivity index (χ0n) is 13.0. The number of para-hydroxylation sites is 1. The molecule has 0 radical (unpaired) electrons. The Labute approximate surface area is 133 Å². The number of hydrogen-bond donors (Lipinski definition) is 2. The lowest BCUT2D eigenvalue weighted by molar-refractivity contribution is 0.0939. The van der Waals surface area contributed by atoms with Crippen LogP contribution in [0, 0.1) is 0 Å². The van der Waals surface area contributed by atoms with Crippen LogP contribution in [-0.4, -0.2) is 48.1 Å². The molecule has 1 atom stereocenters. The number of nitrogens with two attached hydrogens (primary N) is 1. The third-order valence-corrected chi connectivity index (χ3v) is 3.55. The van der Waals surface area contributed by atoms with E-state index in [1.807, 2.05) is 24.3 Å². The van der Waals surface area contributed by atoms with E-state index in [4.69, 9.17) is 10.5 Å². The van der Waals surface area contributed by atoms with Gasteiger partial charge in [-0.3, -0.25) is 4.79 Å². The van der Waals surface area contributed by atoms with E-state index < -0.39 is 0 Å². The van der Waals surface area contributed by atoms with Crippen LogP contribution < -0.4 is 20.7 Å². The number of hydrogen-bond acceptors (Lipinski definition) is 7. The van der Waals surface area contributed by atoms with Crippen molar-refractivity contribution in [3.05, 3.63) is 35.7 Å². The Morgan fingerprint density at radius 3 is 2.91 bits per heavy atom. The first-order chi connectivity index (χ1) is 11.0. The van der Waals surface area contributed by atoms with E-state index in [-0.39, 0.29) is 23.6 Å². The molecule has 1 aromatic carbocycles. The van der Waals surface area contributed by atoms with E-state index in [2.05, 4.69) is 20.3 Å². The van der Waals surface area contributed by atoms with E-state index in [1.54, 1.807) is 19.0 Å². The molecule has 8 nitrogen and oxygen atoms in total. The molecule has 1 aromatic heterocycles. The first kappa shape index (κ1) is 15.0. The lowest BCUT2D eigenvalue weighted by Gasteiger charge is -2.12. The Balaban J connectivity index is 1.69. The molecule has 1 aliphatic rings. The molecule has 0 fully saturated rings. The topological polar surface area (TPSA) is 106 Å². The summed E-state index contributed by atoms with van der Waals surface area (Å²) in [5.74, 6) is 0.967. The summed E-state index contributed by atoms with van der Waals surface area (Å²) in [5.41, 5.74) is 6.72. The van der Waals surface area contributed by atoms with Crippen molar-refractivity contribution in [2.45, 2.75) is 5.92 Å². The maximum atomic E-state index is 12.3. The van der Waals surface area contributed by atoms with Gasteiger partial charge in [-0.1, -0.05) is 18.2 Å². The maximum absolute atomic E-state index is 12.3. The summed E-state index contributed by atoms with van der Waals surface area (Å²) in [4.78, 5) is 25.9. The highest BCUT2D eigenvalue weighted by atomic mass is 16.5. The van der Waals surface area contributed by atoms with E-state index in [0.29, 0.717) is 19.1 Å². The van der Waals surface area contributed by atoms with Gasteiger partial charge in [0.05, 0.1) is 6.61 Å². The first-order valence-corrected chi connectivity index (χ1v) is 7.23. The normalized spacial score (nSPS) is 15.7. The summed E-state index contributed by atoms with van der Waals surface area (Å²) >= 11 is 0. The van der Waals surface area contributed by atoms with Crippen LogP contribution in [0.25, 0.3) is 0 Å². The highest BCUT2D eigenvalue weighted by Gasteiger charge is 2.24. The smallest absolute Gasteiger partial charge is 0.289 e. The van der Waals surface area contributed by atoms with Gasteiger partial charge in [-0.2, -0.15) is 15.0 Å². The highest BCUT2D eigenvalue weighted by Crippen LogP contribution is 2.32. The van der Waals surface area contributed by atoms with Gasteiger partial charge in [-0.25, -0.2) is 0 Å². The third-order valence-electron chi connectivity index (χ3n) is 3.55. The fourth-order valence-corrected chi connectivity index (χ4v) is 2.38. The Bertz CT molecular complexity index is 734. The molecule has 0 aliphatic carbocycles. The number of amides is 1. The third kappa shape index (κ3) is 3.15. The number of nitrogens with zero attached hydrogens (tertiary/aromatic N) is 4.